The Kier molecular flexibility index (Phi) is 3.02. The zero-order chi connectivity index (χ0) is 12.7. The van der Waals surface area contributed by atoms with E-state index >= 15 is 0 Å². The van der Waals surface area contributed by atoms with Crippen molar-refractivity contribution in [1.29, 1.82) is 0 Å². The molecule has 8 heteroatoms. The highest BCUT2D eigenvalue weighted by atomic mass is 35.5. The third-order valence-corrected chi connectivity index (χ3v) is 2.08. The SMILES string of the molecule is Oc1cc(C(F)(F)F)c(Cl)c(C(F)(F)F)c1. The van der Waals surface area contributed by atoms with Crippen molar-refractivity contribution in [1.82, 2.24) is 0 Å². The number of rotatable bonds is 0. The zero-order valence-electron chi connectivity index (χ0n) is 7.25. The van der Waals surface area contributed by atoms with E-state index < -0.39 is 34.3 Å². The van der Waals surface area contributed by atoms with Gasteiger partial charge in [-0.3, -0.25) is 0 Å². The van der Waals surface area contributed by atoms with E-state index in [0.717, 1.165) is 0 Å². The van der Waals surface area contributed by atoms with Crippen molar-refractivity contribution in [3.05, 3.63) is 28.3 Å². The van der Waals surface area contributed by atoms with Crippen LogP contribution in [-0.2, 0) is 12.4 Å². The molecule has 1 aromatic carbocycles. The van der Waals surface area contributed by atoms with Crippen LogP contribution in [0, 0.1) is 0 Å². The molecule has 0 saturated heterocycles. The molecule has 0 amide bonds. The fraction of sp³-hybridized carbons (Fsp3) is 0.250. The molecule has 0 aliphatic heterocycles. The minimum Gasteiger partial charge on any atom is -0.508 e. The molecular weight excluding hydrogens is 262 g/mol. The molecule has 0 aliphatic rings. The van der Waals surface area contributed by atoms with E-state index in [-0.39, 0.29) is 12.1 Å². The Morgan fingerprint density at radius 3 is 1.44 bits per heavy atom. The molecule has 0 fully saturated rings. The van der Waals surface area contributed by atoms with Crippen LogP contribution in [0.4, 0.5) is 26.3 Å². The van der Waals surface area contributed by atoms with E-state index in [0.29, 0.717) is 0 Å². The van der Waals surface area contributed by atoms with Gasteiger partial charge in [-0.25, -0.2) is 0 Å². The predicted octanol–water partition coefficient (Wildman–Crippen LogP) is 4.08. The summed E-state index contributed by atoms with van der Waals surface area (Å²) in [6, 6.07) is 0.273. The fourth-order valence-electron chi connectivity index (χ4n) is 1.02. The molecular formula is C8H3ClF6O. The van der Waals surface area contributed by atoms with E-state index in [9.17, 15) is 26.3 Å². The molecule has 1 rings (SSSR count). The number of hydrogen-bond donors (Lipinski definition) is 1. The van der Waals surface area contributed by atoms with Crippen molar-refractivity contribution in [3.63, 3.8) is 0 Å². The second-order valence-electron chi connectivity index (χ2n) is 2.85. The van der Waals surface area contributed by atoms with Crippen LogP contribution in [-0.4, -0.2) is 5.11 Å². The first-order valence-corrected chi connectivity index (χ1v) is 4.08. The lowest BCUT2D eigenvalue weighted by Crippen LogP contribution is -2.12. The van der Waals surface area contributed by atoms with E-state index in [2.05, 4.69) is 0 Å². The minimum atomic E-state index is -5.06. The van der Waals surface area contributed by atoms with Crippen molar-refractivity contribution in [2.75, 3.05) is 0 Å². The van der Waals surface area contributed by atoms with Crippen LogP contribution in [0.3, 0.4) is 0 Å². The minimum absolute atomic E-state index is 0.136. The first kappa shape index (κ1) is 13.0. The van der Waals surface area contributed by atoms with Gasteiger partial charge in [0.15, 0.2) is 0 Å². The van der Waals surface area contributed by atoms with Crippen molar-refractivity contribution in [2.24, 2.45) is 0 Å². The topological polar surface area (TPSA) is 20.2 Å². The van der Waals surface area contributed by atoms with Crippen molar-refractivity contribution >= 4 is 11.6 Å². The highest BCUT2D eigenvalue weighted by molar-refractivity contribution is 6.32. The largest absolute Gasteiger partial charge is 0.508 e. The standard InChI is InChI=1S/C8H3ClF6O/c9-6-4(7(10,11)12)1-3(16)2-5(6)8(13,14)15/h1-2,16H. The van der Waals surface area contributed by atoms with Gasteiger partial charge in [0.25, 0.3) is 0 Å². The lowest BCUT2D eigenvalue weighted by molar-refractivity contribution is -0.143. The van der Waals surface area contributed by atoms with E-state index in [4.69, 9.17) is 16.7 Å². The Morgan fingerprint density at radius 1 is 0.875 bits per heavy atom. The molecule has 0 radical (unpaired) electrons. The number of alkyl halides is 6. The maximum atomic E-state index is 12.2. The molecule has 0 unspecified atom stereocenters. The number of phenols is 1. The van der Waals surface area contributed by atoms with Crippen LogP contribution >= 0.6 is 11.6 Å². The first-order valence-electron chi connectivity index (χ1n) is 3.70. The second-order valence-corrected chi connectivity index (χ2v) is 3.23. The summed E-state index contributed by atoms with van der Waals surface area (Å²) in [5.74, 6) is -1.15. The number of benzene rings is 1. The summed E-state index contributed by atoms with van der Waals surface area (Å²) >= 11 is 5.00. The summed E-state index contributed by atoms with van der Waals surface area (Å²) < 4.78 is 73.4. The van der Waals surface area contributed by atoms with Gasteiger partial charge in [0, 0.05) is 0 Å². The fourth-order valence-corrected chi connectivity index (χ4v) is 1.35. The molecule has 1 N–H and O–H groups in total. The van der Waals surface area contributed by atoms with E-state index in [1.54, 1.807) is 0 Å². The van der Waals surface area contributed by atoms with Crippen LogP contribution in [0.5, 0.6) is 5.75 Å². The quantitative estimate of drug-likeness (QED) is 0.700. The lowest BCUT2D eigenvalue weighted by Gasteiger charge is -2.14. The predicted molar refractivity (Wildman–Crippen MR) is 43.1 cm³/mol. The highest BCUT2D eigenvalue weighted by Crippen LogP contribution is 2.44. The normalized spacial score (nSPS) is 12.9. The van der Waals surface area contributed by atoms with Crippen LogP contribution in [0.1, 0.15) is 11.1 Å². The number of phenolic OH excluding ortho intramolecular Hbond substituents is 1. The Morgan fingerprint density at radius 2 is 1.19 bits per heavy atom. The highest BCUT2D eigenvalue weighted by Gasteiger charge is 2.41. The van der Waals surface area contributed by atoms with Crippen LogP contribution in [0.25, 0.3) is 0 Å². The number of halogens is 7. The van der Waals surface area contributed by atoms with Gasteiger partial charge in [0.2, 0.25) is 0 Å². The summed E-state index contributed by atoms with van der Waals surface area (Å²) in [7, 11) is 0. The Hall–Kier alpha value is -1.11. The third-order valence-electron chi connectivity index (χ3n) is 1.67. The third kappa shape index (κ3) is 2.52. The van der Waals surface area contributed by atoms with Crippen LogP contribution < -0.4 is 0 Å². The van der Waals surface area contributed by atoms with Gasteiger partial charge < -0.3 is 5.11 Å². The molecule has 90 valence electrons. The molecule has 16 heavy (non-hydrogen) atoms. The van der Waals surface area contributed by atoms with Crippen molar-refractivity contribution in [3.8, 4) is 5.75 Å². The number of hydrogen-bond acceptors (Lipinski definition) is 1. The Bertz CT molecular complexity index is 373. The summed E-state index contributed by atoms with van der Waals surface area (Å²) in [4.78, 5) is 0. The molecule has 0 bridgehead atoms. The summed E-state index contributed by atoms with van der Waals surface area (Å²) in [6.45, 7) is 0. The average Bonchev–Trinajstić information content (AvgIpc) is 2.04. The second kappa shape index (κ2) is 3.73. The Balaban J connectivity index is 3.51. The number of aromatic hydroxyl groups is 1. The van der Waals surface area contributed by atoms with Gasteiger partial charge in [-0.05, 0) is 12.1 Å². The molecule has 0 aromatic heterocycles. The van der Waals surface area contributed by atoms with Crippen LogP contribution in [0.2, 0.25) is 5.02 Å². The van der Waals surface area contributed by atoms with Gasteiger partial charge in [0.1, 0.15) is 5.75 Å². The molecule has 0 atom stereocenters. The Labute approximate surface area is 90.3 Å². The zero-order valence-corrected chi connectivity index (χ0v) is 8.00. The molecule has 1 nitrogen and oxygen atoms in total. The first-order chi connectivity index (χ1) is 7.03. The maximum absolute atomic E-state index is 12.2. The average molecular weight is 265 g/mol. The molecule has 1 aromatic rings. The molecule has 0 aliphatic carbocycles. The van der Waals surface area contributed by atoms with Gasteiger partial charge in [-0.15, -0.1) is 0 Å². The van der Waals surface area contributed by atoms with Gasteiger partial charge >= 0.3 is 12.4 Å². The summed E-state index contributed by atoms with van der Waals surface area (Å²) in [5.41, 5.74) is -3.44. The molecule has 0 heterocycles. The maximum Gasteiger partial charge on any atom is 0.417 e. The van der Waals surface area contributed by atoms with Gasteiger partial charge in [-0.2, -0.15) is 26.3 Å². The van der Waals surface area contributed by atoms with E-state index in [1.165, 1.54) is 0 Å². The molecule has 0 spiro atoms. The summed E-state index contributed by atoms with van der Waals surface area (Å²) in [6.07, 6.45) is -10.1. The monoisotopic (exact) mass is 264 g/mol. The lowest BCUT2D eigenvalue weighted by atomic mass is 10.1. The van der Waals surface area contributed by atoms with Crippen molar-refractivity contribution < 1.29 is 31.4 Å². The molecule has 0 saturated carbocycles. The van der Waals surface area contributed by atoms with Gasteiger partial charge in [-0.1, -0.05) is 11.6 Å². The van der Waals surface area contributed by atoms with Crippen molar-refractivity contribution in [2.45, 2.75) is 12.4 Å². The summed E-state index contributed by atoms with van der Waals surface area (Å²) in [5, 5.41) is 7.31. The van der Waals surface area contributed by atoms with E-state index in [1.807, 2.05) is 0 Å². The van der Waals surface area contributed by atoms with Crippen LogP contribution in [0.15, 0.2) is 12.1 Å². The van der Waals surface area contributed by atoms with Gasteiger partial charge in [0.05, 0.1) is 16.1 Å². The smallest absolute Gasteiger partial charge is 0.417 e.